The van der Waals surface area contributed by atoms with Crippen LogP contribution in [0.2, 0.25) is 0 Å². The number of carbonyl (C=O) groups is 1. The summed E-state index contributed by atoms with van der Waals surface area (Å²) in [7, 11) is -3.84. The molecule has 2 rings (SSSR count). The van der Waals surface area contributed by atoms with E-state index >= 15 is 0 Å². The van der Waals surface area contributed by atoms with Crippen LogP contribution in [0.4, 0.5) is 5.69 Å². The van der Waals surface area contributed by atoms with Gasteiger partial charge in [0.05, 0.1) is 22.3 Å². The number of hydrogen-bond donors (Lipinski definition) is 2. The van der Waals surface area contributed by atoms with Gasteiger partial charge in [-0.3, -0.25) is 9.71 Å². The second kappa shape index (κ2) is 5.75. The predicted octanol–water partition coefficient (Wildman–Crippen LogP) is 2.19. The fourth-order valence-electron chi connectivity index (χ4n) is 1.48. The van der Waals surface area contributed by atoms with Gasteiger partial charge in [0.1, 0.15) is 0 Å². The Morgan fingerprint density at radius 1 is 1.20 bits per heavy atom. The van der Waals surface area contributed by atoms with Crippen molar-refractivity contribution >= 4 is 44.3 Å². The van der Waals surface area contributed by atoms with E-state index in [0.717, 1.165) is 9.77 Å². The molecule has 0 spiro atoms. The molecular weight excluding hydrogens is 395 g/mol. The second-order valence-corrected chi connectivity index (χ2v) is 6.71. The molecule has 0 unspecified atom stereocenters. The van der Waals surface area contributed by atoms with Crippen LogP contribution in [-0.2, 0) is 10.0 Å². The van der Waals surface area contributed by atoms with Crippen LogP contribution >= 0.6 is 22.6 Å². The number of anilines is 1. The Hall–Kier alpha value is -1.68. The number of aromatic nitrogens is 1. The average molecular weight is 404 g/mol. The van der Waals surface area contributed by atoms with E-state index in [4.69, 9.17) is 5.11 Å². The van der Waals surface area contributed by atoms with Crippen molar-refractivity contribution in [2.45, 2.75) is 4.90 Å². The van der Waals surface area contributed by atoms with Crippen LogP contribution in [0.25, 0.3) is 0 Å². The molecule has 0 bridgehead atoms. The molecule has 1 aromatic heterocycles. The first-order valence-corrected chi connectivity index (χ1v) is 7.92. The van der Waals surface area contributed by atoms with E-state index in [2.05, 4.69) is 32.3 Å². The molecule has 104 valence electrons. The molecule has 0 saturated carbocycles. The molecule has 0 aliphatic carbocycles. The molecule has 1 heterocycles. The van der Waals surface area contributed by atoms with Gasteiger partial charge >= 0.3 is 5.97 Å². The van der Waals surface area contributed by atoms with Gasteiger partial charge in [-0.2, -0.15) is 0 Å². The third-order valence-electron chi connectivity index (χ3n) is 2.42. The van der Waals surface area contributed by atoms with E-state index in [9.17, 15) is 13.2 Å². The Bertz CT molecular complexity index is 744. The highest BCUT2D eigenvalue weighted by atomic mass is 127. The summed E-state index contributed by atoms with van der Waals surface area (Å²) in [6.45, 7) is 0. The maximum Gasteiger partial charge on any atom is 0.337 e. The SMILES string of the molecule is O=C(O)c1ccncc1NS(=O)(=O)c1ccc(I)cc1. The van der Waals surface area contributed by atoms with Crippen LogP contribution in [0, 0.1) is 3.57 Å². The number of hydrogen-bond acceptors (Lipinski definition) is 4. The van der Waals surface area contributed by atoms with Crippen LogP contribution in [0.15, 0.2) is 47.6 Å². The fraction of sp³-hybridized carbons (Fsp3) is 0. The van der Waals surface area contributed by atoms with Gasteiger partial charge in [-0.15, -0.1) is 0 Å². The van der Waals surface area contributed by atoms with Crippen LogP contribution in [0.3, 0.4) is 0 Å². The Balaban J connectivity index is 2.38. The van der Waals surface area contributed by atoms with Gasteiger partial charge < -0.3 is 5.11 Å². The van der Waals surface area contributed by atoms with Gasteiger partial charge in [0.2, 0.25) is 0 Å². The lowest BCUT2D eigenvalue weighted by Gasteiger charge is -2.09. The number of nitrogens with one attached hydrogen (secondary N) is 1. The number of carboxylic acid groups (broad SMARTS) is 1. The number of nitrogens with zero attached hydrogens (tertiary/aromatic N) is 1. The molecule has 1 aromatic carbocycles. The van der Waals surface area contributed by atoms with Gasteiger partial charge in [-0.05, 0) is 52.9 Å². The van der Waals surface area contributed by atoms with E-state index in [1.807, 2.05) is 0 Å². The topological polar surface area (TPSA) is 96.4 Å². The molecule has 2 aromatic rings. The highest BCUT2D eigenvalue weighted by molar-refractivity contribution is 14.1. The lowest BCUT2D eigenvalue weighted by atomic mass is 10.2. The van der Waals surface area contributed by atoms with Crippen molar-refractivity contribution in [3.63, 3.8) is 0 Å². The molecule has 6 nitrogen and oxygen atoms in total. The van der Waals surface area contributed by atoms with Gasteiger partial charge in [-0.25, -0.2) is 13.2 Å². The highest BCUT2D eigenvalue weighted by Crippen LogP contribution is 2.19. The normalized spacial score (nSPS) is 11.1. The number of rotatable bonds is 4. The molecule has 0 fully saturated rings. The van der Waals surface area contributed by atoms with Crippen molar-refractivity contribution in [1.29, 1.82) is 0 Å². The zero-order valence-corrected chi connectivity index (χ0v) is 12.9. The van der Waals surface area contributed by atoms with Crippen molar-refractivity contribution in [1.82, 2.24) is 4.98 Å². The van der Waals surface area contributed by atoms with E-state index in [1.54, 1.807) is 12.1 Å². The van der Waals surface area contributed by atoms with Crippen molar-refractivity contribution in [2.75, 3.05) is 4.72 Å². The van der Waals surface area contributed by atoms with Crippen molar-refractivity contribution in [2.24, 2.45) is 0 Å². The number of halogens is 1. The zero-order chi connectivity index (χ0) is 14.8. The Morgan fingerprint density at radius 2 is 1.85 bits per heavy atom. The zero-order valence-electron chi connectivity index (χ0n) is 9.95. The predicted molar refractivity (Wildman–Crippen MR) is 81.2 cm³/mol. The maximum atomic E-state index is 12.2. The number of benzene rings is 1. The smallest absolute Gasteiger partial charge is 0.337 e. The lowest BCUT2D eigenvalue weighted by molar-refractivity contribution is 0.0698. The number of pyridine rings is 1. The molecule has 0 aliphatic heterocycles. The minimum Gasteiger partial charge on any atom is -0.478 e. The van der Waals surface area contributed by atoms with Gasteiger partial charge in [0, 0.05) is 9.77 Å². The first-order chi connectivity index (χ1) is 9.40. The fourth-order valence-corrected chi connectivity index (χ4v) is 2.90. The molecule has 0 radical (unpaired) electrons. The largest absolute Gasteiger partial charge is 0.478 e. The third kappa shape index (κ3) is 3.25. The Kier molecular flexibility index (Phi) is 4.23. The molecule has 0 aliphatic rings. The molecule has 8 heteroatoms. The van der Waals surface area contributed by atoms with Gasteiger partial charge in [0.15, 0.2) is 0 Å². The molecule has 2 N–H and O–H groups in total. The summed E-state index contributed by atoms with van der Waals surface area (Å²) in [6.07, 6.45) is 2.44. The first kappa shape index (κ1) is 14.7. The summed E-state index contributed by atoms with van der Waals surface area (Å²) in [5.74, 6) is -1.23. The lowest BCUT2D eigenvalue weighted by Crippen LogP contribution is -2.15. The summed E-state index contributed by atoms with van der Waals surface area (Å²) in [4.78, 5) is 14.8. The van der Waals surface area contributed by atoms with Crippen molar-refractivity contribution in [3.05, 3.63) is 51.9 Å². The third-order valence-corrected chi connectivity index (χ3v) is 4.52. The monoisotopic (exact) mass is 404 g/mol. The van der Waals surface area contributed by atoms with Crippen molar-refractivity contribution < 1.29 is 18.3 Å². The van der Waals surface area contributed by atoms with Crippen molar-refractivity contribution in [3.8, 4) is 0 Å². The van der Waals surface area contributed by atoms with Crippen LogP contribution < -0.4 is 4.72 Å². The summed E-state index contributed by atoms with van der Waals surface area (Å²) in [6, 6.07) is 7.42. The number of carboxylic acids is 1. The van der Waals surface area contributed by atoms with Crippen LogP contribution in [0.5, 0.6) is 0 Å². The second-order valence-electron chi connectivity index (χ2n) is 3.79. The Morgan fingerprint density at radius 3 is 2.45 bits per heavy atom. The van der Waals surface area contributed by atoms with Gasteiger partial charge in [-0.1, -0.05) is 0 Å². The van der Waals surface area contributed by atoms with E-state index in [0.29, 0.717) is 0 Å². The minimum absolute atomic E-state index is 0.0538. The van der Waals surface area contributed by atoms with E-state index < -0.39 is 16.0 Å². The minimum atomic E-state index is -3.84. The van der Waals surface area contributed by atoms with Crippen LogP contribution in [-0.4, -0.2) is 24.5 Å². The first-order valence-electron chi connectivity index (χ1n) is 5.36. The average Bonchev–Trinajstić information content (AvgIpc) is 2.39. The van der Waals surface area contributed by atoms with E-state index in [-0.39, 0.29) is 16.1 Å². The quantitative estimate of drug-likeness (QED) is 0.762. The molecule has 20 heavy (non-hydrogen) atoms. The maximum absolute atomic E-state index is 12.2. The summed E-state index contributed by atoms with van der Waals surface area (Å²) in [5, 5.41) is 9.01. The summed E-state index contributed by atoms with van der Waals surface area (Å²) < 4.78 is 27.4. The molecular formula is C12H9IN2O4S. The highest BCUT2D eigenvalue weighted by Gasteiger charge is 2.18. The van der Waals surface area contributed by atoms with Gasteiger partial charge in [0.25, 0.3) is 10.0 Å². The number of sulfonamides is 1. The van der Waals surface area contributed by atoms with E-state index in [1.165, 1.54) is 24.4 Å². The Labute approximate surface area is 129 Å². The molecule has 0 atom stereocenters. The summed E-state index contributed by atoms with van der Waals surface area (Å²) in [5.41, 5.74) is -0.229. The number of aromatic carboxylic acids is 1. The molecule has 0 amide bonds. The standard InChI is InChI=1S/C12H9IN2O4S/c13-8-1-3-9(4-2-8)20(18,19)15-11-7-14-6-5-10(11)12(16)17/h1-7,15H,(H,16,17). The van der Waals surface area contributed by atoms with Crippen LogP contribution in [0.1, 0.15) is 10.4 Å². The molecule has 0 saturated heterocycles. The summed E-state index contributed by atoms with van der Waals surface area (Å²) >= 11 is 2.06.